The first-order chi connectivity index (χ1) is 20.8. The van der Waals surface area contributed by atoms with Gasteiger partial charge in [-0.2, -0.15) is 0 Å². The van der Waals surface area contributed by atoms with E-state index in [0.29, 0.717) is 0 Å². The van der Waals surface area contributed by atoms with E-state index in [1.807, 2.05) is 30.5 Å². The number of anilines is 3. The van der Waals surface area contributed by atoms with Crippen LogP contribution in [0.25, 0.3) is 55.0 Å². The van der Waals surface area contributed by atoms with Gasteiger partial charge in [-0.15, -0.1) is 0 Å². The van der Waals surface area contributed by atoms with Crippen molar-refractivity contribution in [1.29, 1.82) is 0 Å². The summed E-state index contributed by atoms with van der Waals surface area (Å²) >= 11 is 0. The van der Waals surface area contributed by atoms with E-state index < -0.39 is 0 Å². The molecule has 0 unspecified atom stereocenters. The summed E-state index contributed by atoms with van der Waals surface area (Å²) in [5.41, 5.74) is 8.49. The van der Waals surface area contributed by atoms with Gasteiger partial charge in [0, 0.05) is 22.1 Å². The number of benzene rings is 6. The Balaban J connectivity index is 1.25. The van der Waals surface area contributed by atoms with Gasteiger partial charge in [0.1, 0.15) is 11.4 Å². The molecule has 42 heavy (non-hydrogen) atoms. The number of furan rings is 1. The van der Waals surface area contributed by atoms with Crippen LogP contribution in [0.5, 0.6) is 0 Å². The quantitative estimate of drug-likeness (QED) is 0.218. The lowest BCUT2D eigenvalue weighted by atomic mass is 9.98. The average molecular weight is 539 g/mol. The van der Waals surface area contributed by atoms with Crippen LogP contribution in [-0.2, 0) is 0 Å². The highest BCUT2D eigenvalue weighted by atomic mass is 16.3. The zero-order valence-corrected chi connectivity index (χ0v) is 22.8. The number of rotatable bonds is 5. The molecule has 0 bridgehead atoms. The van der Waals surface area contributed by atoms with Crippen molar-refractivity contribution in [2.75, 3.05) is 4.90 Å². The Morgan fingerprint density at radius 1 is 0.452 bits per heavy atom. The first kappa shape index (κ1) is 24.2. The minimum Gasteiger partial charge on any atom is -0.454 e. The normalized spacial score (nSPS) is 11.3. The van der Waals surface area contributed by atoms with Crippen LogP contribution in [0, 0.1) is 0 Å². The minimum absolute atomic E-state index is 0.783. The molecular weight excluding hydrogens is 512 g/mol. The lowest BCUT2D eigenvalue weighted by Gasteiger charge is -2.25. The van der Waals surface area contributed by atoms with Crippen LogP contribution >= 0.6 is 0 Å². The molecule has 2 heterocycles. The molecule has 8 aromatic rings. The van der Waals surface area contributed by atoms with Crippen molar-refractivity contribution in [1.82, 2.24) is 4.98 Å². The Morgan fingerprint density at radius 3 is 1.86 bits per heavy atom. The third-order valence-corrected chi connectivity index (χ3v) is 7.94. The third-order valence-electron chi connectivity index (χ3n) is 7.94. The van der Waals surface area contributed by atoms with Crippen LogP contribution in [0.3, 0.4) is 0 Å². The highest BCUT2D eigenvalue weighted by Crippen LogP contribution is 2.39. The van der Waals surface area contributed by atoms with Gasteiger partial charge >= 0.3 is 0 Å². The van der Waals surface area contributed by atoms with E-state index in [0.717, 1.165) is 39.1 Å². The van der Waals surface area contributed by atoms with Gasteiger partial charge in [-0.05, 0) is 69.4 Å². The Bertz CT molecular complexity index is 2170. The van der Waals surface area contributed by atoms with Gasteiger partial charge in [0.15, 0.2) is 5.58 Å². The van der Waals surface area contributed by atoms with Gasteiger partial charge in [0.25, 0.3) is 0 Å². The van der Waals surface area contributed by atoms with Crippen molar-refractivity contribution in [3.05, 3.63) is 158 Å². The number of fused-ring (bicyclic) bond motifs is 4. The predicted molar refractivity (Wildman–Crippen MR) is 175 cm³/mol. The van der Waals surface area contributed by atoms with E-state index >= 15 is 0 Å². The summed E-state index contributed by atoms with van der Waals surface area (Å²) in [6.45, 7) is 0. The van der Waals surface area contributed by atoms with Crippen LogP contribution in [-0.4, -0.2) is 4.98 Å². The smallest absolute Gasteiger partial charge is 0.153 e. The fourth-order valence-electron chi connectivity index (χ4n) is 5.86. The van der Waals surface area contributed by atoms with Crippen LogP contribution in [0.2, 0.25) is 0 Å². The van der Waals surface area contributed by atoms with E-state index in [9.17, 15) is 0 Å². The molecule has 2 aromatic heterocycles. The molecule has 0 atom stereocenters. The molecule has 0 saturated heterocycles. The fourth-order valence-corrected chi connectivity index (χ4v) is 5.86. The maximum absolute atomic E-state index is 6.08. The van der Waals surface area contributed by atoms with Gasteiger partial charge in [-0.3, -0.25) is 4.90 Å². The SMILES string of the molecule is c1ccc(-c2ccc(N(c3ccc(-c4cccc5ccccc45)cc3)c3cc4c(cn3)oc3ccccc34)cc2)cc1. The van der Waals surface area contributed by atoms with Crippen LogP contribution in [0.15, 0.2) is 162 Å². The molecule has 0 N–H and O–H groups in total. The maximum Gasteiger partial charge on any atom is 0.153 e. The van der Waals surface area contributed by atoms with Crippen molar-refractivity contribution < 1.29 is 4.42 Å². The van der Waals surface area contributed by atoms with Gasteiger partial charge in [0.2, 0.25) is 0 Å². The molecule has 3 heteroatoms. The van der Waals surface area contributed by atoms with E-state index in [1.165, 1.54) is 33.0 Å². The van der Waals surface area contributed by atoms with Crippen molar-refractivity contribution in [3.63, 3.8) is 0 Å². The number of pyridine rings is 1. The lowest BCUT2D eigenvalue weighted by molar-refractivity contribution is 0.667. The van der Waals surface area contributed by atoms with Crippen molar-refractivity contribution in [3.8, 4) is 22.3 Å². The van der Waals surface area contributed by atoms with E-state index in [1.54, 1.807) is 0 Å². The third kappa shape index (κ3) is 4.20. The summed E-state index contributed by atoms with van der Waals surface area (Å²) in [6, 6.07) is 53.2. The van der Waals surface area contributed by atoms with E-state index in [2.05, 4.69) is 132 Å². The second-order valence-electron chi connectivity index (χ2n) is 10.5. The monoisotopic (exact) mass is 538 g/mol. The fraction of sp³-hybridized carbons (Fsp3) is 0. The molecule has 0 spiro atoms. The zero-order valence-electron chi connectivity index (χ0n) is 22.8. The number of aromatic nitrogens is 1. The molecule has 0 aliphatic heterocycles. The van der Waals surface area contributed by atoms with E-state index in [-0.39, 0.29) is 0 Å². The Hall–Kier alpha value is -5.67. The summed E-state index contributed by atoms with van der Waals surface area (Å²) in [7, 11) is 0. The van der Waals surface area contributed by atoms with Gasteiger partial charge in [0.05, 0.1) is 6.20 Å². The second kappa shape index (κ2) is 10.1. The zero-order chi connectivity index (χ0) is 27.9. The highest BCUT2D eigenvalue weighted by molar-refractivity contribution is 6.06. The Labute approximate surface area is 243 Å². The number of hydrogen-bond acceptors (Lipinski definition) is 3. The molecule has 198 valence electrons. The predicted octanol–water partition coefficient (Wildman–Crippen LogP) is 10.9. The van der Waals surface area contributed by atoms with Crippen molar-refractivity contribution in [2.45, 2.75) is 0 Å². The minimum atomic E-state index is 0.783. The maximum atomic E-state index is 6.08. The van der Waals surface area contributed by atoms with Gasteiger partial charge < -0.3 is 4.42 Å². The van der Waals surface area contributed by atoms with Crippen molar-refractivity contribution in [2.24, 2.45) is 0 Å². The molecule has 0 aliphatic carbocycles. The summed E-state index contributed by atoms with van der Waals surface area (Å²) in [5, 5.41) is 4.62. The molecular formula is C39H26N2O. The molecule has 8 rings (SSSR count). The van der Waals surface area contributed by atoms with Gasteiger partial charge in [-0.1, -0.05) is 115 Å². The number of para-hydroxylation sites is 1. The van der Waals surface area contributed by atoms with Crippen molar-refractivity contribution >= 4 is 49.9 Å². The molecule has 0 amide bonds. The molecule has 0 saturated carbocycles. The Morgan fingerprint density at radius 2 is 1.07 bits per heavy atom. The lowest BCUT2D eigenvalue weighted by Crippen LogP contribution is -2.11. The molecule has 0 radical (unpaired) electrons. The summed E-state index contributed by atoms with van der Waals surface area (Å²) in [4.78, 5) is 7.10. The van der Waals surface area contributed by atoms with Crippen LogP contribution in [0.4, 0.5) is 17.2 Å². The number of hydrogen-bond donors (Lipinski definition) is 0. The average Bonchev–Trinajstić information content (AvgIpc) is 3.44. The largest absolute Gasteiger partial charge is 0.454 e. The van der Waals surface area contributed by atoms with E-state index in [4.69, 9.17) is 9.40 Å². The topological polar surface area (TPSA) is 29.3 Å². The van der Waals surface area contributed by atoms with Crippen LogP contribution in [0.1, 0.15) is 0 Å². The molecule has 0 fully saturated rings. The molecule has 3 nitrogen and oxygen atoms in total. The standard InChI is InChI=1S/C39H26N2O/c1-2-9-27(10-3-1)28-17-21-31(22-18-28)41(39-25-36-35-14-6-7-16-37(35)42-38(36)26-40-39)32-23-19-30(20-24-32)34-15-8-12-29-11-4-5-13-33(29)34/h1-26H. The summed E-state index contributed by atoms with van der Waals surface area (Å²) in [6.07, 6.45) is 1.83. The summed E-state index contributed by atoms with van der Waals surface area (Å²) in [5.74, 6) is 0.833. The molecule has 6 aromatic carbocycles. The second-order valence-corrected chi connectivity index (χ2v) is 10.5. The van der Waals surface area contributed by atoms with Gasteiger partial charge in [-0.25, -0.2) is 4.98 Å². The van der Waals surface area contributed by atoms with Crippen LogP contribution < -0.4 is 4.90 Å². The first-order valence-electron chi connectivity index (χ1n) is 14.1. The summed E-state index contributed by atoms with van der Waals surface area (Å²) < 4.78 is 6.08. The Kier molecular flexibility index (Phi) is 5.79. The first-order valence-corrected chi connectivity index (χ1v) is 14.1. The highest BCUT2D eigenvalue weighted by Gasteiger charge is 2.17. The number of nitrogens with zero attached hydrogens (tertiary/aromatic N) is 2. The molecule has 0 aliphatic rings.